The summed E-state index contributed by atoms with van der Waals surface area (Å²) in [7, 11) is 0. The minimum Gasteiger partial charge on any atom is -0.486 e. The highest BCUT2D eigenvalue weighted by atomic mass is 32.2. The van der Waals surface area contributed by atoms with Crippen LogP contribution in [-0.4, -0.2) is 46.5 Å². The fourth-order valence-electron chi connectivity index (χ4n) is 4.68. The molecule has 2 aliphatic heterocycles. The van der Waals surface area contributed by atoms with Crippen molar-refractivity contribution in [3.63, 3.8) is 0 Å². The molecule has 0 N–H and O–H groups in total. The third-order valence-corrected chi connectivity index (χ3v) is 7.02. The maximum absolute atomic E-state index is 13.0. The highest BCUT2D eigenvalue weighted by Crippen LogP contribution is 2.38. The van der Waals surface area contributed by atoms with Crippen molar-refractivity contribution < 1.29 is 18.7 Å². The van der Waals surface area contributed by atoms with Gasteiger partial charge in [0.2, 0.25) is 11.8 Å². The predicted molar refractivity (Wildman–Crippen MR) is 112 cm³/mol. The first-order chi connectivity index (χ1) is 14.8. The quantitative estimate of drug-likeness (QED) is 0.654. The summed E-state index contributed by atoms with van der Waals surface area (Å²) in [6.45, 7) is 1.92. The fraction of sp³-hybridized carbons (Fsp3) is 0.591. The van der Waals surface area contributed by atoms with E-state index in [1.54, 1.807) is 0 Å². The van der Waals surface area contributed by atoms with Crippen molar-refractivity contribution in [2.45, 2.75) is 62.1 Å². The van der Waals surface area contributed by atoms with E-state index in [0.29, 0.717) is 30.1 Å². The van der Waals surface area contributed by atoms with Crippen LogP contribution in [0.2, 0.25) is 0 Å². The smallest absolute Gasteiger partial charge is 0.277 e. The second-order valence-corrected chi connectivity index (χ2v) is 9.10. The summed E-state index contributed by atoms with van der Waals surface area (Å²) in [4.78, 5) is 14.9. The van der Waals surface area contributed by atoms with Gasteiger partial charge < -0.3 is 18.8 Å². The van der Waals surface area contributed by atoms with Crippen molar-refractivity contribution in [3.05, 3.63) is 29.7 Å². The van der Waals surface area contributed by atoms with Gasteiger partial charge in [0, 0.05) is 12.5 Å². The summed E-state index contributed by atoms with van der Waals surface area (Å²) in [6, 6.07) is 6.09. The van der Waals surface area contributed by atoms with Gasteiger partial charge in [-0.15, -0.1) is 10.2 Å². The number of likely N-dealkylation sites (tertiary alicyclic amines) is 1. The van der Waals surface area contributed by atoms with Gasteiger partial charge in [-0.2, -0.15) is 0 Å². The van der Waals surface area contributed by atoms with E-state index in [1.807, 2.05) is 23.1 Å². The third kappa shape index (κ3) is 4.15. The molecule has 1 atom stereocenters. The molecule has 7 nitrogen and oxygen atoms in total. The van der Waals surface area contributed by atoms with Crippen LogP contribution in [0, 0.1) is 0 Å². The first-order valence-electron chi connectivity index (χ1n) is 10.9. The molecule has 30 heavy (non-hydrogen) atoms. The Balaban J connectivity index is 1.21. The van der Waals surface area contributed by atoms with Crippen LogP contribution in [0.4, 0.5) is 0 Å². The average Bonchev–Trinajstić information content (AvgIpc) is 3.48. The summed E-state index contributed by atoms with van der Waals surface area (Å²) in [5.74, 6) is 3.09. The number of carbonyl (C=O) groups excluding carboxylic acids is 1. The van der Waals surface area contributed by atoms with E-state index in [4.69, 9.17) is 13.9 Å². The fourth-order valence-corrected chi connectivity index (χ4v) is 5.33. The van der Waals surface area contributed by atoms with Gasteiger partial charge in [-0.3, -0.25) is 4.79 Å². The molecule has 0 unspecified atom stereocenters. The zero-order valence-electron chi connectivity index (χ0n) is 17.0. The number of carbonyl (C=O) groups is 1. The monoisotopic (exact) mass is 429 g/mol. The predicted octanol–water partition coefficient (Wildman–Crippen LogP) is 4.34. The van der Waals surface area contributed by atoms with Crippen LogP contribution in [0.1, 0.15) is 68.4 Å². The zero-order valence-corrected chi connectivity index (χ0v) is 17.9. The molecule has 1 saturated carbocycles. The molecule has 1 aromatic carbocycles. The van der Waals surface area contributed by atoms with Crippen LogP contribution < -0.4 is 9.47 Å². The lowest BCUT2D eigenvalue weighted by Gasteiger charge is -2.26. The molecule has 0 spiro atoms. The highest BCUT2D eigenvalue weighted by molar-refractivity contribution is 7.99. The number of aromatic nitrogens is 2. The number of benzene rings is 1. The van der Waals surface area contributed by atoms with Crippen molar-refractivity contribution in [2.75, 3.05) is 25.5 Å². The van der Waals surface area contributed by atoms with Crippen molar-refractivity contribution in [2.24, 2.45) is 0 Å². The Morgan fingerprint density at radius 2 is 1.87 bits per heavy atom. The molecule has 5 rings (SSSR count). The molecular formula is C22H27N3O4S. The summed E-state index contributed by atoms with van der Waals surface area (Å²) in [5.41, 5.74) is 1.10. The molecule has 2 aromatic rings. The third-order valence-electron chi connectivity index (χ3n) is 6.22. The molecule has 1 aliphatic carbocycles. The Bertz CT molecular complexity index is 896. The van der Waals surface area contributed by atoms with Gasteiger partial charge in [-0.1, -0.05) is 37.1 Å². The normalized spacial score (nSPS) is 21.7. The summed E-state index contributed by atoms with van der Waals surface area (Å²) < 4.78 is 17.2. The van der Waals surface area contributed by atoms with Crippen molar-refractivity contribution in [1.29, 1.82) is 0 Å². The summed E-state index contributed by atoms with van der Waals surface area (Å²) >= 11 is 1.34. The number of amides is 1. The lowest BCUT2D eigenvalue weighted by atomic mass is 9.89. The summed E-state index contributed by atoms with van der Waals surface area (Å²) in [5, 5.41) is 8.89. The van der Waals surface area contributed by atoms with Crippen molar-refractivity contribution >= 4 is 17.7 Å². The van der Waals surface area contributed by atoms with E-state index in [9.17, 15) is 4.79 Å². The van der Waals surface area contributed by atoms with E-state index in [2.05, 4.69) is 10.2 Å². The molecule has 3 aliphatic rings. The Hall–Kier alpha value is -2.22. The van der Waals surface area contributed by atoms with Crippen molar-refractivity contribution in [3.8, 4) is 11.5 Å². The molecule has 8 heteroatoms. The molecule has 0 bridgehead atoms. The minimum absolute atomic E-state index is 0.0782. The second-order valence-electron chi connectivity index (χ2n) is 8.18. The molecule has 1 aromatic heterocycles. The van der Waals surface area contributed by atoms with E-state index >= 15 is 0 Å². The Morgan fingerprint density at radius 3 is 2.73 bits per heavy atom. The van der Waals surface area contributed by atoms with Crippen LogP contribution in [-0.2, 0) is 4.79 Å². The number of ether oxygens (including phenoxy) is 2. The second kappa shape index (κ2) is 8.88. The SMILES string of the molecule is O=C(CSc1nnc(C2CCCCC2)o1)N1CCC[C@@H]1c1ccc2c(c1)OCCO2. The molecule has 1 amide bonds. The van der Waals surface area contributed by atoms with Crippen LogP contribution >= 0.6 is 11.8 Å². The van der Waals surface area contributed by atoms with Gasteiger partial charge in [0.05, 0.1) is 11.8 Å². The largest absolute Gasteiger partial charge is 0.486 e. The zero-order chi connectivity index (χ0) is 20.3. The molecule has 2 fully saturated rings. The number of rotatable bonds is 5. The minimum atomic E-state index is 0.0782. The number of nitrogens with zero attached hydrogens (tertiary/aromatic N) is 3. The topological polar surface area (TPSA) is 77.7 Å². The molecule has 0 radical (unpaired) electrons. The van der Waals surface area contributed by atoms with Gasteiger partial charge in [0.1, 0.15) is 13.2 Å². The Morgan fingerprint density at radius 1 is 1.03 bits per heavy atom. The van der Waals surface area contributed by atoms with E-state index in [0.717, 1.165) is 55.2 Å². The average molecular weight is 430 g/mol. The number of fused-ring (bicyclic) bond motifs is 1. The van der Waals surface area contributed by atoms with Crippen molar-refractivity contribution in [1.82, 2.24) is 15.1 Å². The van der Waals surface area contributed by atoms with Gasteiger partial charge in [0.15, 0.2) is 11.5 Å². The number of hydrogen-bond acceptors (Lipinski definition) is 7. The Kier molecular flexibility index (Phi) is 5.84. The molecule has 3 heterocycles. The van der Waals surface area contributed by atoms with E-state index in [-0.39, 0.29) is 11.9 Å². The van der Waals surface area contributed by atoms with Gasteiger partial charge >= 0.3 is 0 Å². The first-order valence-corrected chi connectivity index (χ1v) is 11.9. The lowest BCUT2D eigenvalue weighted by Crippen LogP contribution is -2.32. The van der Waals surface area contributed by atoms with Gasteiger partial charge in [-0.25, -0.2) is 0 Å². The van der Waals surface area contributed by atoms with Gasteiger partial charge in [0.25, 0.3) is 5.22 Å². The lowest BCUT2D eigenvalue weighted by molar-refractivity contribution is -0.129. The first kappa shape index (κ1) is 19.7. The molecular weight excluding hydrogens is 402 g/mol. The van der Waals surface area contributed by atoms with Crippen LogP contribution in [0.3, 0.4) is 0 Å². The van der Waals surface area contributed by atoms with Gasteiger partial charge in [-0.05, 0) is 43.4 Å². The number of thioether (sulfide) groups is 1. The number of hydrogen-bond donors (Lipinski definition) is 0. The van der Waals surface area contributed by atoms with Crippen LogP contribution in [0.25, 0.3) is 0 Å². The van der Waals surface area contributed by atoms with Crippen LogP contribution in [0.5, 0.6) is 11.5 Å². The highest BCUT2D eigenvalue weighted by Gasteiger charge is 2.31. The van der Waals surface area contributed by atoms with E-state index < -0.39 is 0 Å². The maximum Gasteiger partial charge on any atom is 0.277 e. The Labute approximate surface area is 180 Å². The standard InChI is InChI=1S/C22H27N3O4S/c26-20(14-30-22-24-23-21(29-22)15-5-2-1-3-6-15)25-10-4-7-17(25)16-8-9-18-19(13-16)28-12-11-27-18/h8-9,13,15,17H,1-7,10-12,14H2/t17-/m1/s1. The maximum atomic E-state index is 13.0. The van der Waals surface area contributed by atoms with Crippen LogP contribution in [0.15, 0.2) is 27.8 Å². The molecule has 160 valence electrons. The summed E-state index contributed by atoms with van der Waals surface area (Å²) in [6.07, 6.45) is 7.95. The molecule has 1 saturated heterocycles. The van der Waals surface area contributed by atoms with E-state index in [1.165, 1.54) is 31.0 Å².